The number of carbonyl (C=O) groups excluding carboxylic acids is 3. The summed E-state index contributed by atoms with van der Waals surface area (Å²) in [5.41, 5.74) is 1.84. The van der Waals surface area contributed by atoms with Gasteiger partial charge in [0, 0.05) is 11.8 Å². The fraction of sp³-hybridized carbons (Fsp3) is 0.350. The molecule has 0 saturated heterocycles. The maximum atomic E-state index is 12.5. The lowest BCUT2D eigenvalue weighted by Crippen LogP contribution is -2.31. The van der Waals surface area contributed by atoms with E-state index in [9.17, 15) is 14.4 Å². The van der Waals surface area contributed by atoms with Gasteiger partial charge in [-0.15, -0.1) is 11.3 Å². The molecule has 1 aliphatic rings. The minimum atomic E-state index is -0.651. The van der Waals surface area contributed by atoms with Crippen molar-refractivity contribution in [2.45, 2.75) is 33.7 Å². The Morgan fingerprint density at radius 1 is 1.21 bits per heavy atom. The smallest absolute Gasteiger partial charge is 0.341 e. The summed E-state index contributed by atoms with van der Waals surface area (Å²) in [4.78, 5) is 37.0. The summed E-state index contributed by atoms with van der Waals surface area (Å²) in [6, 6.07) is 5.11. The molecule has 2 aromatic rings. The zero-order chi connectivity index (χ0) is 21.1. The van der Waals surface area contributed by atoms with Crippen LogP contribution in [0.2, 0.25) is 0 Å². The molecule has 1 aliphatic heterocycles. The first-order valence-corrected chi connectivity index (χ1v) is 9.81. The van der Waals surface area contributed by atoms with Gasteiger partial charge in [-0.2, -0.15) is 0 Å². The van der Waals surface area contributed by atoms with Crippen LogP contribution in [0.3, 0.4) is 0 Å². The number of hydrogen-bond donors (Lipinski definition) is 2. The number of fused-ring (bicyclic) bond motifs is 1. The minimum Gasteiger partial charge on any atom is -0.454 e. The van der Waals surface area contributed by atoms with E-state index in [0.29, 0.717) is 16.5 Å². The Balaban J connectivity index is 1.59. The number of benzene rings is 1. The summed E-state index contributed by atoms with van der Waals surface area (Å²) < 4.78 is 15.8. The highest BCUT2D eigenvalue weighted by Gasteiger charge is 2.23. The van der Waals surface area contributed by atoms with Gasteiger partial charge in [-0.25, -0.2) is 4.79 Å². The van der Waals surface area contributed by atoms with Gasteiger partial charge in [-0.1, -0.05) is 6.07 Å². The van der Waals surface area contributed by atoms with Crippen molar-refractivity contribution in [3.8, 4) is 11.5 Å². The third-order valence-electron chi connectivity index (χ3n) is 4.49. The number of hydrogen-bond acceptors (Lipinski definition) is 7. The summed E-state index contributed by atoms with van der Waals surface area (Å²) in [6.45, 7) is 6.55. The summed E-state index contributed by atoms with van der Waals surface area (Å²) in [7, 11) is 0. The van der Waals surface area contributed by atoms with Crippen LogP contribution >= 0.6 is 11.3 Å². The average Bonchev–Trinajstić information content (AvgIpc) is 3.23. The summed E-state index contributed by atoms with van der Waals surface area (Å²) in [6.07, 6.45) is 0. The van der Waals surface area contributed by atoms with Crippen molar-refractivity contribution in [2.24, 2.45) is 0 Å². The van der Waals surface area contributed by atoms with E-state index < -0.39 is 18.5 Å². The lowest BCUT2D eigenvalue weighted by molar-refractivity contribution is -0.124. The molecule has 154 valence electrons. The second-order valence-electron chi connectivity index (χ2n) is 6.65. The van der Waals surface area contributed by atoms with Gasteiger partial charge in [0.2, 0.25) is 12.7 Å². The number of nitrogens with one attached hydrogen (secondary N) is 2. The lowest BCUT2D eigenvalue weighted by atomic mass is 10.1. The molecule has 1 aromatic heterocycles. The van der Waals surface area contributed by atoms with Crippen molar-refractivity contribution >= 4 is 34.1 Å². The third-order valence-corrected chi connectivity index (χ3v) is 5.61. The van der Waals surface area contributed by atoms with Crippen LogP contribution in [0.5, 0.6) is 11.5 Å². The Hall–Kier alpha value is -3.07. The van der Waals surface area contributed by atoms with Crippen LogP contribution in [0.15, 0.2) is 18.2 Å². The van der Waals surface area contributed by atoms with E-state index in [1.54, 1.807) is 19.1 Å². The molecule has 2 heterocycles. The van der Waals surface area contributed by atoms with Gasteiger partial charge in [0.25, 0.3) is 5.91 Å². The van der Waals surface area contributed by atoms with Crippen LogP contribution in [-0.4, -0.2) is 31.2 Å². The van der Waals surface area contributed by atoms with E-state index in [4.69, 9.17) is 14.2 Å². The van der Waals surface area contributed by atoms with Crippen molar-refractivity contribution in [1.82, 2.24) is 5.32 Å². The second-order valence-corrected chi connectivity index (χ2v) is 7.87. The second kappa shape index (κ2) is 8.52. The monoisotopic (exact) mass is 418 g/mol. The molecule has 0 aliphatic carbocycles. The van der Waals surface area contributed by atoms with Gasteiger partial charge < -0.3 is 24.8 Å². The number of anilines is 1. The predicted molar refractivity (Wildman–Crippen MR) is 108 cm³/mol. The van der Waals surface area contributed by atoms with Crippen LogP contribution in [0, 0.1) is 13.8 Å². The Morgan fingerprint density at radius 3 is 2.66 bits per heavy atom. The molecular formula is C20H22N2O6S. The van der Waals surface area contributed by atoms with Crippen molar-refractivity contribution in [1.29, 1.82) is 0 Å². The van der Waals surface area contributed by atoms with E-state index in [1.165, 1.54) is 18.3 Å². The normalized spacial score (nSPS) is 13.0. The molecular weight excluding hydrogens is 396 g/mol. The summed E-state index contributed by atoms with van der Waals surface area (Å²) in [5.74, 6) is -0.0762. The number of rotatable bonds is 6. The highest BCUT2D eigenvalue weighted by atomic mass is 32.1. The van der Waals surface area contributed by atoms with Gasteiger partial charge >= 0.3 is 5.97 Å². The maximum absolute atomic E-state index is 12.5. The molecule has 0 unspecified atom stereocenters. The van der Waals surface area contributed by atoms with Crippen LogP contribution in [-0.2, 0) is 14.3 Å². The fourth-order valence-corrected chi connectivity index (χ4v) is 3.97. The molecule has 2 amide bonds. The highest BCUT2D eigenvalue weighted by molar-refractivity contribution is 7.16. The van der Waals surface area contributed by atoms with Crippen LogP contribution in [0.1, 0.15) is 46.3 Å². The largest absolute Gasteiger partial charge is 0.454 e. The van der Waals surface area contributed by atoms with E-state index in [2.05, 4.69) is 10.6 Å². The lowest BCUT2D eigenvalue weighted by Gasteiger charge is -2.15. The predicted octanol–water partition coefficient (Wildman–Crippen LogP) is 3.09. The number of amides is 2. The molecule has 1 aromatic carbocycles. The molecule has 0 bridgehead atoms. The quantitative estimate of drug-likeness (QED) is 0.699. The number of thiophene rings is 1. The van der Waals surface area contributed by atoms with Gasteiger partial charge in [-0.05, 0) is 44.0 Å². The van der Waals surface area contributed by atoms with Gasteiger partial charge in [-0.3, -0.25) is 9.59 Å². The van der Waals surface area contributed by atoms with Crippen LogP contribution < -0.4 is 20.1 Å². The van der Waals surface area contributed by atoms with Crippen molar-refractivity contribution in [3.63, 3.8) is 0 Å². The van der Waals surface area contributed by atoms with E-state index in [1.807, 2.05) is 19.9 Å². The molecule has 2 N–H and O–H groups in total. The highest BCUT2D eigenvalue weighted by Crippen LogP contribution is 2.34. The molecule has 0 fully saturated rings. The molecule has 3 rings (SSSR count). The average molecular weight is 418 g/mol. The third kappa shape index (κ3) is 4.68. The maximum Gasteiger partial charge on any atom is 0.341 e. The van der Waals surface area contributed by atoms with Gasteiger partial charge in [0.05, 0.1) is 11.6 Å². The SMILES string of the molecule is CC(=O)Nc1sc(C)c(C)c1C(=O)OCC(=O)N[C@H](C)c1ccc2c(c1)OCO2. The molecule has 9 heteroatoms. The van der Waals surface area contributed by atoms with Crippen molar-refractivity contribution in [2.75, 3.05) is 18.7 Å². The van der Waals surface area contributed by atoms with E-state index in [-0.39, 0.29) is 24.3 Å². The Morgan fingerprint density at radius 2 is 1.93 bits per heavy atom. The Labute approximate surface area is 172 Å². The van der Waals surface area contributed by atoms with Crippen molar-refractivity contribution < 1.29 is 28.6 Å². The molecule has 0 saturated carbocycles. The number of ether oxygens (including phenoxy) is 3. The first-order valence-electron chi connectivity index (χ1n) is 9.00. The molecule has 8 nitrogen and oxygen atoms in total. The summed E-state index contributed by atoms with van der Waals surface area (Å²) >= 11 is 1.29. The van der Waals surface area contributed by atoms with Crippen LogP contribution in [0.4, 0.5) is 5.00 Å². The number of carbonyl (C=O) groups is 3. The zero-order valence-electron chi connectivity index (χ0n) is 16.6. The number of esters is 1. The van der Waals surface area contributed by atoms with E-state index in [0.717, 1.165) is 16.0 Å². The molecule has 0 spiro atoms. The zero-order valence-corrected chi connectivity index (χ0v) is 17.4. The van der Waals surface area contributed by atoms with Gasteiger partial charge in [0.1, 0.15) is 5.00 Å². The fourth-order valence-electron chi connectivity index (χ4n) is 2.87. The van der Waals surface area contributed by atoms with Gasteiger partial charge in [0.15, 0.2) is 18.1 Å². The molecule has 1 atom stereocenters. The Kier molecular flexibility index (Phi) is 6.07. The molecule has 0 radical (unpaired) electrons. The first kappa shape index (κ1) is 20.7. The van der Waals surface area contributed by atoms with Crippen LogP contribution in [0.25, 0.3) is 0 Å². The van der Waals surface area contributed by atoms with Crippen molar-refractivity contribution in [3.05, 3.63) is 39.8 Å². The molecule has 29 heavy (non-hydrogen) atoms. The first-order chi connectivity index (χ1) is 13.8. The summed E-state index contributed by atoms with van der Waals surface area (Å²) in [5, 5.41) is 5.84. The van der Waals surface area contributed by atoms with E-state index >= 15 is 0 Å². The Bertz CT molecular complexity index is 968. The standard InChI is InChI=1S/C20H22N2O6S/c1-10-12(3)29-19(22-13(4)23)18(10)20(25)26-8-17(24)21-11(2)14-5-6-15-16(7-14)28-9-27-15/h5-7,11H,8-9H2,1-4H3,(H,21,24)(H,22,23)/t11-/m1/s1. The topological polar surface area (TPSA) is 103 Å². The number of aryl methyl sites for hydroxylation is 1. The minimum absolute atomic E-state index is 0.178.